The highest BCUT2D eigenvalue weighted by Crippen LogP contribution is 2.27. The summed E-state index contributed by atoms with van der Waals surface area (Å²) in [5.41, 5.74) is 1.10. The van der Waals surface area contributed by atoms with Crippen LogP contribution < -0.4 is 9.80 Å². The Morgan fingerprint density at radius 3 is 2.00 bits per heavy atom. The summed E-state index contributed by atoms with van der Waals surface area (Å²) in [5, 5.41) is 0. The summed E-state index contributed by atoms with van der Waals surface area (Å²) in [7, 11) is 1.52. The highest BCUT2D eigenvalue weighted by atomic mass is 16.5. The Labute approximate surface area is 120 Å². The molecule has 0 fully saturated rings. The van der Waals surface area contributed by atoms with Gasteiger partial charge in [-0.3, -0.25) is 19.3 Å². The summed E-state index contributed by atoms with van der Waals surface area (Å²) in [6.07, 6.45) is 5.11. The second kappa shape index (κ2) is 4.99. The smallest absolute Gasteiger partial charge is 0.258 e. The Morgan fingerprint density at radius 2 is 1.43 bits per heavy atom. The highest BCUT2D eigenvalue weighted by molar-refractivity contribution is 6.28. The van der Waals surface area contributed by atoms with Crippen LogP contribution in [0.4, 0.5) is 11.4 Å². The van der Waals surface area contributed by atoms with Crippen LogP contribution in [-0.2, 0) is 19.1 Å². The Kier molecular flexibility index (Phi) is 3.15. The minimum atomic E-state index is -0.444. The van der Waals surface area contributed by atoms with Gasteiger partial charge in [-0.25, -0.2) is 4.90 Å². The lowest BCUT2D eigenvalue weighted by atomic mass is 10.2. The third-order valence-electron chi connectivity index (χ3n) is 3.33. The summed E-state index contributed by atoms with van der Waals surface area (Å²) in [4.78, 5) is 37.6. The summed E-state index contributed by atoms with van der Waals surface area (Å²) in [6, 6.07) is 6.59. The Hall–Kier alpha value is -2.73. The van der Waals surface area contributed by atoms with E-state index in [2.05, 4.69) is 0 Å². The van der Waals surface area contributed by atoms with E-state index in [4.69, 9.17) is 4.74 Å². The average Bonchev–Trinajstić information content (AvgIpc) is 3.02. The fourth-order valence-corrected chi connectivity index (χ4v) is 2.33. The van der Waals surface area contributed by atoms with Crippen LogP contribution in [0.2, 0.25) is 0 Å². The topological polar surface area (TPSA) is 66.9 Å². The van der Waals surface area contributed by atoms with Crippen molar-refractivity contribution in [1.82, 2.24) is 0 Å². The van der Waals surface area contributed by atoms with Crippen LogP contribution in [0.3, 0.4) is 0 Å². The molecule has 6 nitrogen and oxygen atoms in total. The lowest BCUT2D eigenvalue weighted by molar-refractivity contribution is -0.120. The summed E-state index contributed by atoms with van der Waals surface area (Å²) in [5.74, 6) is -0.924. The quantitative estimate of drug-likeness (QED) is 0.776. The van der Waals surface area contributed by atoms with Gasteiger partial charge in [-0.05, 0) is 30.3 Å². The molecule has 0 N–H and O–H groups in total. The standard InChI is InChI=1S/C15H12N2O4/c1-21-15-9-8-14(20)17(15)11-4-2-10(3-5-11)16-12(18)6-7-13(16)19/h2-9,15H,1H3. The first kappa shape index (κ1) is 13.3. The largest absolute Gasteiger partial charge is 0.357 e. The van der Waals surface area contributed by atoms with Crippen LogP contribution in [0.25, 0.3) is 0 Å². The Bertz CT molecular complexity index is 657. The molecular weight excluding hydrogens is 272 g/mol. The first-order valence-electron chi connectivity index (χ1n) is 6.32. The molecule has 106 valence electrons. The zero-order valence-electron chi connectivity index (χ0n) is 11.2. The number of amides is 3. The van der Waals surface area contributed by atoms with E-state index in [1.54, 1.807) is 30.3 Å². The maximum atomic E-state index is 11.8. The molecule has 0 bridgehead atoms. The number of carbonyl (C=O) groups is 3. The van der Waals surface area contributed by atoms with E-state index in [-0.39, 0.29) is 17.7 Å². The maximum absolute atomic E-state index is 11.8. The van der Waals surface area contributed by atoms with Gasteiger partial charge in [0.1, 0.15) is 0 Å². The Morgan fingerprint density at radius 1 is 0.857 bits per heavy atom. The van der Waals surface area contributed by atoms with Crippen LogP contribution in [0.1, 0.15) is 0 Å². The third kappa shape index (κ3) is 2.15. The number of nitrogens with zero attached hydrogens (tertiary/aromatic N) is 2. The fourth-order valence-electron chi connectivity index (χ4n) is 2.33. The molecule has 1 atom stereocenters. The minimum absolute atomic E-state index is 0.176. The van der Waals surface area contributed by atoms with E-state index < -0.39 is 6.23 Å². The monoisotopic (exact) mass is 284 g/mol. The zero-order valence-corrected chi connectivity index (χ0v) is 11.2. The lowest BCUT2D eigenvalue weighted by Crippen LogP contribution is -2.35. The normalized spacial score (nSPS) is 21.0. The van der Waals surface area contributed by atoms with Gasteiger partial charge in [0.2, 0.25) is 0 Å². The van der Waals surface area contributed by atoms with Gasteiger partial charge < -0.3 is 4.74 Å². The summed E-state index contributed by atoms with van der Waals surface area (Å²) < 4.78 is 5.20. The van der Waals surface area contributed by atoms with Gasteiger partial charge >= 0.3 is 0 Å². The van der Waals surface area contributed by atoms with Crippen molar-refractivity contribution in [3.63, 3.8) is 0 Å². The molecule has 2 aliphatic rings. The van der Waals surface area contributed by atoms with Crippen LogP contribution in [0.5, 0.6) is 0 Å². The predicted octanol–water partition coefficient (Wildman–Crippen LogP) is 0.991. The number of hydrogen-bond acceptors (Lipinski definition) is 4. The maximum Gasteiger partial charge on any atom is 0.258 e. The first-order valence-corrected chi connectivity index (χ1v) is 6.32. The van der Waals surface area contributed by atoms with Gasteiger partial charge in [-0.1, -0.05) is 0 Å². The molecular formula is C15H12N2O4. The SMILES string of the molecule is COC1C=CC(=O)N1c1ccc(N2C(=O)C=CC2=O)cc1. The number of imide groups is 1. The van der Waals surface area contributed by atoms with Crippen molar-refractivity contribution >= 4 is 29.1 Å². The lowest BCUT2D eigenvalue weighted by Gasteiger charge is -2.24. The minimum Gasteiger partial charge on any atom is -0.357 e. The fraction of sp³-hybridized carbons (Fsp3) is 0.133. The van der Waals surface area contributed by atoms with E-state index in [1.807, 2.05) is 0 Å². The third-order valence-corrected chi connectivity index (χ3v) is 3.33. The molecule has 0 aromatic heterocycles. The van der Waals surface area contributed by atoms with Gasteiger partial charge in [0.15, 0.2) is 6.23 Å². The number of methoxy groups -OCH3 is 1. The molecule has 1 aromatic rings. The molecule has 3 rings (SSSR count). The van der Waals surface area contributed by atoms with Gasteiger partial charge in [0.25, 0.3) is 17.7 Å². The number of hydrogen-bond donors (Lipinski definition) is 0. The number of carbonyl (C=O) groups excluding carboxylic acids is 3. The molecule has 0 saturated carbocycles. The molecule has 6 heteroatoms. The van der Waals surface area contributed by atoms with Crippen LogP contribution in [-0.4, -0.2) is 31.1 Å². The van der Waals surface area contributed by atoms with Crippen molar-refractivity contribution in [2.24, 2.45) is 0 Å². The van der Waals surface area contributed by atoms with Gasteiger partial charge in [0, 0.05) is 31.0 Å². The van der Waals surface area contributed by atoms with Crippen molar-refractivity contribution in [2.45, 2.75) is 6.23 Å². The average molecular weight is 284 g/mol. The van der Waals surface area contributed by atoms with Crippen molar-refractivity contribution in [1.29, 1.82) is 0 Å². The highest BCUT2D eigenvalue weighted by Gasteiger charge is 2.28. The molecule has 0 radical (unpaired) electrons. The zero-order chi connectivity index (χ0) is 15.0. The van der Waals surface area contributed by atoms with Crippen molar-refractivity contribution < 1.29 is 19.1 Å². The second-order valence-electron chi connectivity index (χ2n) is 4.56. The van der Waals surface area contributed by atoms with E-state index >= 15 is 0 Å². The molecule has 2 heterocycles. The molecule has 21 heavy (non-hydrogen) atoms. The van der Waals surface area contributed by atoms with Gasteiger partial charge in [-0.2, -0.15) is 0 Å². The number of anilines is 2. The Balaban J connectivity index is 1.86. The second-order valence-corrected chi connectivity index (χ2v) is 4.56. The number of ether oxygens (including phenoxy) is 1. The molecule has 3 amide bonds. The molecule has 1 unspecified atom stereocenters. The van der Waals surface area contributed by atoms with E-state index in [9.17, 15) is 14.4 Å². The summed E-state index contributed by atoms with van der Waals surface area (Å²) in [6.45, 7) is 0. The molecule has 1 aromatic carbocycles. The molecule has 0 aliphatic carbocycles. The van der Waals surface area contributed by atoms with Crippen molar-refractivity contribution in [3.05, 3.63) is 48.6 Å². The number of benzene rings is 1. The molecule has 0 spiro atoms. The van der Waals surface area contributed by atoms with E-state index in [0.29, 0.717) is 11.4 Å². The predicted molar refractivity (Wildman–Crippen MR) is 75.5 cm³/mol. The van der Waals surface area contributed by atoms with Crippen LogP contribution >= 0.6 is 0 Å². The van der Waals surface area contributed by atoms with Crippen molar-refractivity contribution in [2.75, 3.05) is 16.9 Å². The number of rotatable bonds is 3. The molecule has 2 aliphatic heterocycles. The van der Waals surface area contributed by atoms with Crippen LogP contribution in [0, 0.1) is 0 Å². The van der Waals surface area contributed by atoms with Gasteiger partial charge in [0.05, 0.1) is 5.69 Å². The van der Waals surface area contributed by atoms with E-state index in [1.165, 1.54) is 30.2 Å². The molecule has 0 saturated heterocycles. The van der Waals surface area contributed by atoms with Crippen molar-refractivity contribution in [3.8, 4) is 0 Å². The first-order chi connectivity index (χ1) is 10.1. The summed E-state index contributed by atoms with van der Waals surface area (Å²) >= 11 is 0. The van der Waals surface area contributed by atoms with Crippen LogP contribution in [0.15, 0.2) is 48.6 Å². The van der Waals surface area contributed by atoms with Gasteiger partial charge in [-0.15, -0.1) is 0 Å². The van der Waals surface area contributed by atoms with E-state index in [0.717, 1.165) is 4.90 Å².